The average molecular weight is 230 g/mol. The van der Waals surface area contributed by atoms with Gasteiger partial charge in [-0.25, -0.2) is 9.78 Å². The Kier molecular flexibility index (Phi) is 4.17. The third-order valence-electron chi connectivity index (χ3n) is 1.38. The molecule has 7 heteroatoms. The van der Waals surface area contributed by atoms with Gasteiger partial charge in [-0.15, -0.1) is 0 Å². The lowest BCUT2D eigenvalue weighted by atomic mass is 10.5. The van der Waals surface area contributed by atoms with Gasteiger partial charge >= 0.3 is 11.9 Å². The van der Waals surface area contributed by atoms with Gasteiger partial charge in [0.15, 0.2) is 5.16 Å². The minimum absolute atomic E-state index is 0.101. The SMILES string of the molecule is CCOC(=O)c1cnc(SCC(=O)O)[nH]1. The molecule has 0 bridgehead atoms. The van der Waals surface area contributed by atoms with E-state index in [1.54, 1.807) is 6.92 Å². The molecule has 0 saturated carbocycles. The number of carboxylic acid groups (broad SMARTS) is 1. The molecule has 0 spiro atoms. The summed E-state index contributed by atoms with van der Waals surface area (Å²) < 4.78 is 4.73. The fourth-order valence-electron chi connectivity index (χ4n) is 0.819. The normalized spacial score (nSPS) is 9.93. The van der Waals surface area contributed by atoms with E-state index in [1.807, 2.05) is 0 Å². The van der Waals surface area contributed by atoms with E-state index in [0.29, 0.717) is 5.16 Å². The van der Waals surface area contributed by atoms with Crippen LogP contribution in [0.3, 0.4) is 0 Å². The van der Waals surface area contributed by atoms with Crippen LogP contribution in [0.5, 0.6) is 0 Å². The summed E-state index contributed by atoms with van der Waals surface area (Å²) in [5.74, 6) is -1.53. The van der Waals surface area contributed by atoms with Crippen LogP contribution in [-0.2, 0) is 9.53 Å². The largest absolute Gasteiger partial charge is 0.481 e. The van der Waals surface area contributed by atoms with Crippen LogP contribution < -0.4 is 0 Å². The van der Waals surface area contributed by atoms with Crippen molar-refractivity contribution in [2.24, 2.45) is 0 Å². The Bertz CT molecular complexity index is 363. The zero-order valence-electron chi connectivity index (χ0n) is 8.02. The molecule has 0 aliphatic heterocycles. The van der Waals surface area contributed by atoms with Crippen LogP contribution in [0.2, 0.25) is 0 Å². The lowest BCUT2D eigenvalue weighted by Crippen LogP contribution is -2.04. The summed E-state index contributed by atoms with van der Waals surface area (Å²) in [5, 5.41) is 8.81. The summed E-state index contributed by atoms with van der Waals surface area (Å²) in [5.41, 5.74) is 0.227. The Morgan fingerprint density at radius 2 is 2.40 bits per heavy atom. The molecule has 0 unspecified atom stereocenters. The minimum atomic E-state index is -0.936. The maximum atomic E-state index is 11.2. The highest BCUT2D eigenvalue weighted by molar-refractivity contribution is 7.99. The summed E-state index contributed by atoms with van der Waals surface area (Å²) in [6.07, 6.45) is 1.32. The summed E-state index contributed by atoms with van der Waals surface area (Å²) in [4.78, 5) is 27.9. The van der Waals surface area contributed by atoms with Crippen LogP contribution in [0.4, 0.5) is 0 Å². The van der Waals surface area contributed by atoms with E-state index in [2.05, 4.69) is 9.97 Å². The van der Waals surface area contributed by atoms with Gasteiger partial charge in [0.25, 0.3) is 0 Å². The van der Waals surface area contributed by atoms with E-state index in [-0.39, 0.29) is 18.1 Å². The number of nitrogens with one attached hydrogen (secondary N) is 1. The Balaban J connectivity index is 2.56. The number of imidazole rings is 1. The smallest absolute Gasteiger partial charge is 0.356 e. The second-order valence-electron chi connectivity index (χ2n) is 2.50. The number of H-pyrrole nitrogens is 1. The maximum absolute atomic E-state index is 11.2. The number of aromatic nitrogens is 2. The van der Waals surface area contributed by atoms with Crippen molar-refractivity contribution in [2.75, 3.05) is 12.4 Å². The van der Waals surface area contributed by atoms with Crippen molar-refractivity contribution in [3.8, 4) is 0 Å². The Morgan fingerprint density at radius 1 is 1.67 bits per heavy atom. The van der Waals surface area contributed by atoms with Crippen LogP contribution in [0.25, 0.3) is 0 Å². The zero-order chi connectivity index (χ0) is 11.3. The molecule has 0 aromatic carbocycles. The quantitative estimate of drug-likeness (QED) is 0.573. The van der Waals surface area contributed by atoms with E-state index in [1.165, 1.54) is 6.20 Å². The number of carbonyl (C=O) groups is 2. The first-order valence-corrected chi connectivity index (χ1v) is 5.18. The number of thioether (sulfide) groups is 1. The minimum Gasteiger partial charge on any atom is -0.481 e. The number of hydrogen-bond donors (Lipinski definition) is 2. The first kappa shape index (κ1) is 11.6. The van der Waals surface area contributed by atoms with Crippen LogP contribution in [0, 0.1) is 0 Å². The zero-order valence-corrected chi connectivity index (χ0v) is 8.84. The van der Waals surface area contributed by atoms with Crippen molar-refractivity contribution < 1.29 is 19.4 Å². The maximum Gasteiger partial charge on any atom is 0.356 e. The molecule has 1 heterocycles. The van der Waals surface area contributed by atoms with E-state index >= 15 is 0 Å². The molecule has 82 valence electrons. The molecule has 1 aromatic rings. The van der Waals surface area contributed by atoms with Gasteiger partial charge in [-0.1, -0.05) is 11.8 Å². The molecule has 0 radical (unpaired) electrons. The van der Waals surface area contributed by atoms with Gasteiger partial charge in [-0.2, -0.15) is 0 Å². The van der Waals surface area contributed by atoms with E-state index in [0.717, 1.165) is 11.8 Å². The highest BCUT2D eigenvalue weighted by atomic mass is 32.2. The first-order valence-electron chi connectivity index (χ1n) is 4.20. The van der Waals surface area contributed by atoms with Gasteiger partial charge in [-0.05, 0) is 6.92 Å². The van der Waals surface area contributed by atoms with Crippen molar-refractivity contribution in [3.05, 3.63) is 11.9 Å². The molecule has 6 nitrogen and oxygen atoms in total. The van der Waals surface area contributed by atoms with E-state index < -0.39 is 11.9 Å². The number of rotatable bonds is 5. The molecule has 1 rings (SSSR count). The highest BCUT2D eigenvalue weighted by Gasteiger charge is 2.11. The fraction of sp³-hybridized carbons (Fsp3) is 0.375. The molecular formula is C8H10N2O4S. The van der Waals surface area contributed by atoms with Gasteiger partial charge in [0.2, 0.25) is 0 Å². The van der Waals surface area contributed by atoms with Crippen molar-refractivity contribution in [1.82, 2.24) is 9.97 Å². The van der Waals surface area contributed by atoms with Crippen LogP contribution in [-0.4, -0.2) is 39.4 Å². The first-order chi connectivity index (χ1) is 7.13. The highest BCUT2D eigenvalue weighted by Crippen LogP contribution is 2.13. The molecule has 2 N–H and O–H groups in total. The van der Waals surface area contributed by atoms with Crippen molar-refractivity contribution in [1.29, 1.82) is 0 Å². The number of carboxylic acids is 1. The third kappa shape index (κ3) is 3.62. The number of aromatic amines is 1. The van der Waals surface area contributed by atoms with Gasteiger partial charge in [0.1, 0.15) is 5.69 Å². The van der Waals surface area contributed by atoms with Gasteiger partial charge < -0.3 is 14.8 Å². The number of ether oxygens (including phenoxy) is 1. The second kappa shape index (κ2) is 5.40. The molecule has 0 aliphatic rings. The molecule has 0 saturated heterocycles. The summed E-state index contributed by atoms with van der Waals surface area (Å²) >= 11 is 1.01. The lowest BCUT2D eigenvalue weighted by molar-refractivity contribution is -0.133. The molecule has 0 aliphatic carbocycles. The number of hydrogen-bond acceptors (Lipinski definition) is 5. The van der Waals surface area contributed by atoms with Crippen molar-refractivity contribution >= 4 is 23.7 Å². The standard InChI is InChI=1S/C8H10N2O4S/c1-2-14-7(13)5-3-9-8(10-5)15-4-6(11)12/h3H,2,4H2,1H3,(H,9,10)(H,11,12). The Hall–Kier alpha value is -1.50. The van der Waals surface area contributed by atoms with Gasteiger partial charge in [-0.3, -0.25) is 4.79 Å². The van der Waals surface area contributed by atoms with Crippen LogP contribution >= 0.6 is 11.8 Å². The summed E-state index contributed by atoms with van der Waals surface area (Å²) in [6, 6.07) is 0. The molecular weight excluding hydrogens is 220 g/mol. The predicted molar refractivity (Wildman–Crippen MR) is 52.9 cm³/mol. The van der Waals surface area contributed by atoms with Gasteiger partial charge in [0.05, 0.1) is 18.6 Å². The van der Waals surface area contributed by atoms with Crippen molar-refractivity contribution in [2.45, 2.75) is 12.1 Å². The Labute approximate surface area is 90.0 Å². The summed E-state index contributed by atoms with van der Waals surface area (Å²) in [6.45, 7) is 1.99. The lowest BCUT2D eigenvalue weighted by Gasteiger charge is -1.96. The molecule has 15 heavy (non-hydrogen) atoms. The summed E-state index contributed by atoms with van der Waals surface area (Å²) in [7, 11) is 0. The van der Waals surface area contributed by atoms with E-state index in [4.69, 9.17) is 9.84 Å². The molecule has 0 amide bonds. The molecule has 0 fully saturated rings. The van der Waals surface area contributed by atoms with Crippen LogP contribution in [0.1, 0.15) is 17.4 Å². The Morgan fingerprint density at radius 3 is 3.00 bits per heavy atom. The number of esters is 1. The average Bonchev–Trinajstić information content (AvgIpc) is 2.63. The van der Waals surface area contributed by atoms with Crippen LogP contribution in [0.15, 0.2) is 11.4 Å². The topological polar surface area (TPSA) is 92.3 Å². The van der Waals surface area contributed by atoms with Gasteiger partial charge in [0, 0.05) is 0 Å². The molecule has 1 aromatic heterocycles. The predicted octanol–water partition coefficient (Wildman–Crippen LogP) is 0.763. The van der Waals surface area contributed by atoms with Crippen molar-refractivity contribution in [3.63, 3.8) is 0 Å². The molecule has 0 atom stereocenters. The second-order valence-corrected chi connectivity index (χ2v) is 3.47. The number of carbonyl (C=O) groups excluding carboxylic acids is 1. The third-order valence-corrected chi connectivity index (χ3v) is 2.25. The van der Waals surface area contributed by atoms with E-state index in [9.17, 15) is 9.59 Å². The number of nitrogens with zero attached hydrogens (tertiary/aromatic N) is 1. The number of aliphatic carboxylic acids is 1. The monoisotopic (exact) mass is 230 g/mol. The fourth-order valence-corrected chi connectivity index (χ4v) is 1.39.